The van der Waals surface area contributed by atoms with E-state index in [1.165, 1.54) is 19.1 Å². The highest BCUT2D eigenvalue weighted by molar-refractivity contribution is 5.89. The molecule has 34 heavy (non-hydrogen) atoms. The third kappa shape index (κ3) is 6.79. The number of amides is 1. The Balaban J connectivity index is 1.22. The lowest BCUT2D eigenvalue weighted by Crippen LogP contribution is -2.35. The SMILES string of the molecule is CC(=O)Nc1cccc(-c2ccc(OCC(O)CN3CCC(Oc4ccc(F)cc4)C3)cc2)c1. The summed E-state index contributed by atoms with van der Waals surface area (Å²) >= 11 is 0. The minimum absolute atomic E-state index is 0.0234. The highest BCUT2D eigenvalue weighted by Gasteiger charge is 2.25. The highest BCUT2D eigenvalue weighted by atomic mass is 19.1. The number of anilines is 1. The second kappa shape index (κ2) is 11.1. The third-order valence-corrected chi connectivity index (χ3v) is 5.63. The lowest BCUT2D eigenvalue weighted by molar-refractivity contribution is -0.114. The van der Waals surface area contributed by atoms with Crippen molar-refractivity contribution in [2.24, 2.45) is 0 Å². The highest BCUT2D eigenvalue weighted by Crippen LogP contribution is 2.25. The van der Waals surface area contributed by atoms with Gasteiger partial charge in [0.2, 0.25) is 5.91 Å². The lowest BCUT2D eigenvalue weighted by atomic mass is 10.0. The van der Waals surface area contributed by atoms with Crippen molar-refractivity contribution < 1.29 is 23.8 Å². The van der Waals surface area contributed by atoms with Gasteiger partial charge in [0.25, 0.3) is 0 Å². The number of nitrogens with zero attached hydrogens (tertiary/aromatic N) is 1. The van der Waals surface area contributed by atoms with Crippen LogP contribution >= 0.6 is 0 Å². The number of likely N-dealkylation sites (tertiary alicyclic amines) is 1. The summed E-state index contributed by atoms with van der Waals surface area (Å²) in [5.74, 6) is 0.945. The minimum atomic E-state index is -0.626. The molecule has 0 aliphatic carbocycles. The second-order valence-electron chi connectivity index (χ2n) is 8.49. The summed E-state index contributed by atoms with van der Waals surface area (Å²) in [5.41, 5.74) is 2.74. The van der Waals surface area contributed by atoms with Gasteiger partial charge in [-0.15, -0.1) is 0 Å². The summed E-state index contributed by atoms with van der Waals surface area (Å²) < 4.78 is 24.7. The number of nitrogens with one attached hydrogen (secondary N) is 1. The number of carbonyl (C=O) groups excluding carboxylic acids is 1. The average Bonchev–Trinajstić information content (AvgIpc) is 3.26. The predicted octanol–water partition coefficient (Wildman–Crippen LogP) is 4.34. The zero-order valence-electron chi connectivity index (χ0n) is 19.1. The van der Waals surface area contributed by atoms with Crippen LogP contribution < -0.4 is 14.8 Å². The second-order valence-corrected chi connectivity index (χ2v) is 8.49. The molecule has 1 fully saturated rings. The molecule has 2 unspecified atom stereocenters. The summed E-state index contributed by atoms with van der Waals surface area (Å²) in [6.07, 6.45) is 0.254. The van der Waals surface area contributed by atoms with Gasteiger partial charge in [-0.1, -0.05) is 24.3 Å². The Labute approximate surface area is 198 Å². The minimum Gasteiger partial charge on any atom is -0.491 e. The maximum atomic E-state index is 13.0. The van der Waals surface area contributed by atoms with Crippen LogP contribution in [0.3, 0.4) is 0 Å². The van der Waals surface area contributed by atoms with Crippen molar-refractivity contribution in [2.75, 3.05) is 31.6 Å². The number of β-amino-alcohol motifs (C(OH)–C–C–N with tert-alkyl or cyclic N) is 1. The molecule has 1 amide bonds. The largest absolute Gasteiger partial charge is 0.491 e. The Kier molecular flexibility index (Phi) is 7.77. The van der Waals surface area contributed by atoms with E-state index in [1.54, 1.807) is 12.1 Å². The number of ether oxygens (including phenoxy) is 2. The van der Waals surface area contributed by atoms with E-state index < -0.39 is 6.10 Å². The first-order chi connectivity index (χ1) is 16.4. The summed E-state index contributed by atoms with van der Waals surface area (Å²) in [6.45, 7) is 3.71. The van der Waals surface area contributed by atoms with Crippen LogP contribution in [0.25, 0.3) is 11.1 Å². The molecule has 2 atom stereocenters. The quantitative estimate of drug-likeness (QED) is 0.493. The molecule has 178 valence electrons. The molecule has 1 aliphatic rings. The molecule has 7 heteroatoms. The number of aliphatic hydroxyl groups is 1. The van der Waals surface area contributed by atoms with E-state index in [-0.39, 0.29) is 24.4 Å². The third-order valence-electron chi connectivity index (χ3n) is 5.63. The van der Waals surface area contributed by atoms with E-state index >= 15 is 0 Å². The van der Waals surface area contributed by atoms with Crippen LogP contribution in [0.1, 0.15) is 13.3 Å². The van der Waals surface area contributed by atoms with Crippen molar-refractivity contribution in [1.82, 2.24) is 4.90 Å². The number of hydrogen-bond acceptors (Lipinski definition) is 5. The monoisotopic (exact) mass is 464 g/mol. The van der Waals surface area contributed by atoms with E-state index in [0.29, 0.717) is 24.6 Å². The maximum absolute atomic E-state index is 13.0. The summed E-state index contributed by atoms with van der Waals surface area (Å²) in [5, 5.41) is 13.2. The molecule has 4 rings (SSSR count). The van der Waals surface area contributed by atoms with Gasteiger partial charge in [0.1, 0.15) is 36.1 Å². The maximum Gasteiger partial charge on any atom is 0.221 e. The molecule has 6 nitrogen and oxygen atoms in total. The van der Waals surface area contributed by atoms with Gasteiger partial charge in [-0.25, -0.2) is 4.39 Å². The molecule has 0 spiro atoms. The number of hydrogen-bond donors (Lipinski definition) is 2. The molecular formula is C27H29FN2O4. The summed E-state index contributed by atoms with van der Waals surface area (Å²) in [6, 6.07) is 21.3. The Hall–Kier alpha value is -3.42. The van der Waals surface area contributed by atoms with E-state index in [2.05, 4.69) is 10.2 Å². The van der Waals surface area contributed by atoms with Crippen LogP contribution in [-0.2, 0) is 4.79 Å². The fourth-order valence-electron chi connectivity index (χ4n) is 4.03. The Bertz CT molecular complexity index is 1090. The van der Waals surface area contributed by atoms with Gasteiger partial charge in [-0.3, -0.25) is 9.69 Å². The number of aliphatic hydroxyl groups excluding tert-OH is 1. The standard InChI is InChI=1S/C27H29FN2O4/c1-19(31)29-23-4-2-3-21(15-23)20-5-9-25(10-6-20)33-18-24(32)16-30-14-13-27(17-30)34-26-11-7-22(28)8-12-26/h2-12,15,24,27,32H,13-14,16-18H2,1H3,(H,29,31). The molecule has 3 aromatic rings. The van der Waals surface area contributed by atoms with Crippen LogP contribution in [-0.4, -0.2) is 54.4 Å². The molecule has 0 aromatic heterocycles. The zero-order valence-corrected chi connectivity index (χ0v) is 19.1. The smallest absolute Gasteiger partial charge is 0.221 e. The molecular weight excluding hydrogens is 435 g/mol. The molecule has 0 radical (unpaired) electrons. The van der Waals surface area contributed by atoms with E-state index in [1.807, 2.05) is 48.5 Å². The first-order valence-corrected chi connectivity index (χ1v) is 11.4. The van der Waals surface area contributed by atoms with Crippen LogP contribution in [0.15, 0.2) is 72.8 Å². The van der Waals surface area contributed by atoms with Crippen molar-refractivity contribution in [3.63, 3.8) is 0 Å². The van der Waals surface area contributed by atoms with E-state index in [9.17, 15) is 14.3 Å². The molecule has 1 heterocycles. The molecule has 1 aliphatic heterocycles. The van der Waals surface area contributed by atoms with Crippen LogP contribution in [0.5, 0.6) is 11.5 Å². The normalized spacial score (nSPS) is 16.7. The van der Waals surface area contributed by atoms with Crippen molar-refractivity contribution in [3.05, 3.63) is 78.6 Å². The summed E-state index contributed by atoms with van der Waals surface area (Å²) in [7, 11) is 0. The van der Waals surface area contributed by atoms with Crippen LogP contribution in [0.2, 0.25) is 0 Å². The van der Waals surface area contributed by atoms with Gasteiger partial charge in [0, 0.05) is 32.2 Å². The lowest BCUT2D eigenvalue weighted by Gasteiger charge is -2.20. The van der Waals surface area contributed by atoms with Gasteiger partial charge in [0.15, 0.2) is 0 Å². The van der Waals surface area contributed by atoms with Gasteiger partial charge in [0.05, 0.1) is 0 Å². The van der Waals surface area contributed by atoms with Gasteiger partial charge < -0.3 is 19.9 Å². The molecule has 2 N–H and O–H groups in total. The summed E-state index contributed by atoms with van der Waals surface area (Å²) in [4.78, 5) is 13.4. The number of benzene rings is 3. The first-order valence-electron chi connectivity index (χ1n) is 11.4. The van der Waals surface area contributed by atoms with Crippen LogP contribution in [0, 0.1) is 5.82 Å². The van der Waals surface area contributed by atoms with Gasteiger partial charge in [-0.2, -0.15) is 0 Å². The first kappa shape index (κ1) is 23.7. The predicted molar refractivity (Wildman–Crippen MR) is 130 cm³/mol. The number of halogens is 1. The van der Waals surface area contributed by atoms with Crippen molar-refractivity contribution in [3.8, 4) is 22.6 Å². The van der Waals surface area contributed by atoms with Gasteiger partial charge >= 0.3 is 0 Å². The fraction of sp³-hybridized carbons (Fsp3) is 0.296. The molecule has 3 aromatic carbocycles. The Morgan fingerprint density at radius 1 is 1.09 bits per heavy atom. The fourth-order valence-corrected chi connectivity index (χ4v) is 4.03. The van der Waals surface area contributed by atoms with Crippen LogP contribution in [0.4, 0.5) is 10.1 Å². The van der Waals surface area contributed by atoms with E-state index in [0.717, 1.165) is 29.8 Å². The molecule has 1 saturated heterocycles. The van der Waals surface area contributed by atoms with Crippen molar-refractivity contribution in [1.29, 1.82) is 0 Å². The molecule has 0 bridgehead atoms. The number of rotatable bonds is 9. The number of carbonyl (C=O) groups is 1. The Morgan fingerprint density at radius 3 is 2.56 bits per heavy atom. The Morgan fingerprint density at radius 2 is 1.82 bits per heavy atom. The van der Waals surface area contributed by atoms with E-state index in [4.69, 9.17) is 9.47 Å². The topological polar surface area (TPSA) is 71.0 Å². The van der Waals surface area contributed by atoms with Crippen molar-refractivity contribution in [2.45, 2.75) is 25.6 Å². The average molecular weight is 465 g/mol. The zero-order chi connectivity index (χ0) is 23.9. The molecule has 0 saturated carbocycles. The van der Waals surface area contributed by atoms with Gasteiger partial charge in [-0.05, 0) is 66.1 Å². The van der Waals surface area contributed by atoms with Crippen molar-refractivity contribution >= 4 is 11.6 Å².